The van der Waals surface area contributed by atoms with Crippen LogP contribution in [-0.4, -0.2) is 11.1 Å². The first-order chi connectivity index (χ1) is 10.9. The molecule has 2 aliphatic carbocycles. The lowest BCUT2D eigenvalue weighted by atomic mass is 9.46. The zero-order valence-electron chi connectivity index (χ0n) is 14.5. The first-order valence-electron chi connectivity index (χ1n) is 8.83. The Morgan fingerprint density at radius 2 is 2.22 bits per heavy atom. The van der Waals surface area contributed by atoms with Crippen LogP contribution in [-0.2, 0) is 11.2 Å². The normalized spacial score (nSPS) is 37.1. The molecular weight excluding hydrogens is 288 g/mol. The van der Waals surface area contributed by atoms with Crippen LogP contribution in [0.4, 0.5) is 0 Å². The molecule has 0 radical (unpaired) electrons. The van der Waals surface area contributed by atoms with Crippen LogP contribution in [0.15, 0.2) is 34.7 Å². The monoisotopic (exact) mass is 316 g/mol. The van der Waals surface area contributed by atoms with E-state index >= 15 is 0 Å². The summed E-state index contributed by atoms with van der Waals surface area (Å²) >= 11 is 0. The Morgan fingerprint density at radius 3 is 2.87 bits per heavy atom. The maximum atomic E-state index is 12.3. The van der Waals surface area contributed by atoms with Gasteiger partial charge in [-0.05, 0) is 74.3 Å². The van der Waals surface area contributed by atoms with Crippen LogP contribution in [0.2, 0.25) is 0 Å². The molecule has 1 aromatic rings. The van der Waals surface area contributed by atoms with Crippen molar-refractivity contribution in [2.45, 2.75) is 59.3 Å². The second-order valence-corrected chi connectivity index (χ2v) is 7.87. The minimum atomic E-state index is -0.643. The highest BCUT2D eigenvalue weighted by Gasteiger charge is 2.59. The van der Waals surface area contributed by atoms with Gasteiger partial charge in [0.05, 0.1) is 17.9 Å². The fourth-order valence-corrected chi connectivity index (χ4v) is 5.25. The molecule has 23 heavy (non-hydrogen) atoms. The lowest BCUT2D eigenvalue weighted by Gasteiger charge is -2.57. The van der Waals surface area contributed by atoms with Crippen molar-refractivity contribution in [3.05, 3.63) is 35.8 Å². The number of rotatable bonds is 4. The van der Waals surface area contributed by atoms with Crippen LogP contribution in [0.5, 0.6) is 0 Å². The van der Waals surface area contributed by atoms with Crippen molar-refractivity contribution in [1.82, 2.24) is 0 Å². The van der Waals surface area contributed by atoms with Crippen molar-refractivity contribution in [3.63, 3.8) is 0 Å². The van der Waals surface area contributed by atoms with E-state index in [-0.39, 0.29) is 11.3 Å². The highest BCUT2D eigenvalue weighted by atomic mass is 16.4. The highest BCUT2D eigenvalue weighted by Crippen LogP contribution is 2.62. The molecule has 2 aliphatic rings. The standard InChI is InChI=1S/C20H28O3/c1-14-7-11-20(18(21)22)15(2)5-4-6-17(20)19(14,3)10-8-16-9-12-23-13-16/h5,9,12-14,17H,4,6-8,10-11H2,1-3H3,(H,21,22)/t14-,17-,19-,20-/m0/s1. The molecule has 0 bridgehead atoms. The largest absolute Gasteiger partial charge is 0.481 e. The third kappa shape index (κ3) is 2.45. The number of allylic oxidation sites excluding steroid dienone is 1. The minimum Gasteiger partial charge on any atom is -0.481 e. The number of carbonyl (C=O) groups is 1. The first-order valence-corrected chi connectivity index (χ1v) is 8.83. The highest BCUT2D eigenvalue weighted by molar-refractivity contribution is 5.79. The van der Waals surface area contributed by atoms with E-state index in [0.29, 0.717) is 5.92 Å². The number of carboxylic acid groups (broad SMARTS) is 1. The van der Waals surface area contributed by atoms with Crippen LogP contribution >= 0.6 is 0 Å². The Labute approximate surface area is 138 Å². The van der Waals surface area contributed by atoms with Gasteiger partial charge in [0.1, 0.15) is 0 Å². The molecule has 3 nitrogen and oxygen atoms in total. The number of hydrogen-bond donors (Lipinski definition) is 1. The molecule has 0 aromatic carbocycles. The fourth-order valence-electron chi connectivity index (χ4n) is 5.25. The molecule has 0 aliphatic heterocycles. The third-order valence-corrected chi connectivity index (χ3v) is 7.01. The smallest absolute Gasteiger partial charge is 0.314 e. The van der Waals surface area contributed by atoms with Gasteiger partial charge in [-0.3, -0.25) is 4.79 Å². The number of fused-ring (bicyclic) bond motifs is 1. The Balaban J connectivity index is 1.94. The number of furan rings is 1. The van der Waals surface area contributed by atoms with Crippen LogP contribution in [0.3, 0.4) is 0 Å². The van der Waals surface area contributed by atoms with Gasteiger partial charge in [-0.25, -0.2) is 0 Å². The molecule has 3 rings (SSSR count). The molecule has 1 aromatic heterocycles. The molecule has 1 fully saturated rings. The maximum Gasteiger partial charge on any atom is 0.314 e. The summed E-state index contributed by atoms with van der Waals surface area (Å²) in [4.78, 5) is 12.3. The van der Waals surface area contributed by atoms with E-state index in [2.05, 4.69) is 19.9 Å². The van der Waals surface area contributed by atoms with Crippen molar-refractivity contribution < 1.29 is 14.3 Å². The molecule has 0 spiro atoms. The number of aryl methyl sites for hydroxylation is 1. The van der Waals surface area contributed by atoms with Crippen molar-refractivity contribution in [1.29, 1.82) is 0 Å². The zero-order valence-corrected chi connectivity index (χ0v) is 14.5. The molecule has 4 atom stereocenters. The third-order valence-electron chi connectivity index (χ3n) is 7.01. The van der Waals surface area contributed by atoms with Crippen molar-refractivity contribution >= 4 is 5.97 Å². The van der Waals surface area contributed by atoms with Gasteiger partial charge in [0.15, 0.2) is 0 Å². The van der Waals surface area contributed by atoms with E-state index in [9.17, 15) is 9.90 Å². The summed E-state index contributed by atoms with van der Waals surface area (Å²) in [5.41, 5.74) is 1.72. The molecule has 1 heterocycles. The van der Waals surface area contributed by atoms with Crippen molar-refractivity contribution in [2.75, 3.05) is 0 Å². The Kier molecular flexibility index (Phi) is 4.16. The summed E-state index contributed by atoms with van der Waals surface area (Å²) in [6.07, 6.45) is 11.5. The first kappa shape index (κ1) is 16.4. The molecule has 0 unspecified atom stereocenters. The van der Waals surface area contributed by atoms with Gasteiger partial charge in [0.2, 0.25) is 0 Å². The summed E-state index contributed by atoms with van der Waals surface area (Å²) in [5.74, 6) is 0.170. The van der Waals surface area contributed by atoms with E-state index in [0.717, 1.165) is 44.1 Å². The average molecular weight is 316 g/mol. The molecule has 1 saturated carbocycles. The maximum absolute atomic E-state index is 12.3. The van der Waals surface area contributed by atoms with Gasteiger partial charge in [-0.1, -0.05) is 25.5 Å². The van der Waals surface area contributed by atoms with E-state index in [1.807, 2.05) is 19.3 Å². The summed E-state index contributed by atoms with van der Waals surface area (Å²) < 4.78 is 5.19. The Hall–Kier alpha value is -1.51. The summed E-state index contributed by atoms with van der Waals surface area (Å²) in [7, 11) is 0. The van der Waals surface area contributed by atoms with Gasteiger partial charge < -0.3 is 9.52 Å². The SMILES string of the molecule is CC1=CCC[C@@H]2[C@]1(C(=O)O)CC[C@H](C)[C@]2(C)CCc1ccoc1. The summed E-state index contributed by atoms with van der Waals surface area (Å²) in [5, 5.41) is 10.1. The quantitative estimate of drug-likeness (QED) is 0.788. The van der Waals surface area contributed by atoms with Gasteiger partial charge >= 0.3 is 5.97 Å². The van der Waals surface area contributed by atoms with E-state index in [1.165, 1.54) is 5.56 Å². The average Bonchev–Trinajstić information content (AvgIpc) is 3.03. The Morgan fingerprint density at radius 1 is 1.43 bits per heavy atom. The molecular formula is C20H28O3. The molecule has 0 saturated heterocycles. The van der Waals surface area contributed by atoms with Crippen molar-refractivity contribution in [2.24, 2.45) is 22.7 Å². The van der Waals surface area contributed by atoms with Gasteiger partial charge in [-0.2, -0.15) is 0 Å². The Bertz CT molecular complexity index is 600. The van der Waals surface area contributed by atoms with Crippen LogP contribution < -0.4 is 0 Å². The molecule has 3 heteroatoms. The fraction of sp³-hybridized carbons (Fsp3) is 0.650. The van der Waals surface area contributed by atoms with Crippen LogP contribution in [0.25, 0.3) is 0 Å². The van der Waals surface area contributed by atoms with Gasteiger partial charge in [0.25, 0.3) is 0 Å². The topological polar surface area (TPSA) is 50.4 Å². The van der Waals surface area contributed by atoms with Gasteiger partial charge in [0, 0.05) is 0 Å². The van der Waals surface area contributed by atoms with Gasteiger partial charge in [-0.15, -0.1) is 0 Å². The predicted octanol–water partition coefficient (Wildman–Crippen LogP) is 5.08. The second-order valence-electron chi connectivity index (χ2n) is 7.87. The summed E-state index contributed by atoms with van der Waals surface area (Å²) in [6.45, 7) is 6.68. The van der Waals surface area contributed by atoms with Crippen LogP contribution in [0.1, 0.15) is 58.4 Å². The number of carboxylic acids is 1. The van der Waals surface area contributed by atoms with Crippen LogP contribution in [0, 0.1) is 22.7 Å². The van der Waals surface area contributed by atoms with E-state index in [1.54, 1.807) is 6.26 Å². The lowest BCUT2D eigenvalue weighted by molar-refractivity contribution is -0.162. The molecule has 0 amide bonds. The minimum absolute atomic E-state index is 0.0590. The number of hydrogen-bond acceptors (Lipinski definition) is 2. The predicted molar refractivity (Wildman–Crippen MR) is 90.1 cm³/mol. The lowest BCUT2D eigenvalue weighted by Crippen LogP contribution is -2.54. The summed E-state index contributed by atoms with van der Waals surface area (Å²) in [6, 6.07) is 2.02. The molecule has 126 valence electrons. The molecule has 1 N–H and O–H groups in total. The second kappa shape index (κ2) is 5.85. The zero-order chi connectivity index (χ0) is 16.7. The van der Waals surface area contributed by atoms with E-state index in [4.69, 9.17) is 4.42 Å². The van der Waals surface area contributed by atoms with Crippen molar-refractivity contribution in [3.8, 4) is 0 Å². The van der Waals surface area contributed by atoms with E-state index < -0.39 is 11.4 Å². The number of aliphatic carboxylic acids is 1.